The van der Waals surface area contributed by atoms with Gasteiger partial charge in [0.2, 0.25) is 0 Å². The number of nitrogens with zero attached hydrogens (tertiary/aromatic N) is 2. The molecule has 0 atom stereocenters. The first-order valence-electron chi connectivity index (χ1n) is 5.88. The highest BCUT2D eigenvalue weighted by Crippen LogP contribution is 2.38. The van der Waals surface area contributed by atoms with Crippen molar-refractivity contribution in [3.63, 3.8) is 0 Å². The number of para-hydroxylation sites is 1. The largest absolute Gasteiger partial charge is 0.480 e. The van der Waals surface area contributed by atoms with Crippen molar-refractivity contribution in [2.75, 3.05) is 18.0 Å². The third-order valence-corrected chi connectivity index (χ3v) is 3.30. The zero-order chi connectivity index (χ0) is 14.0. The van der Waals surface area contributed by atoms with E-state index in [-0.39, 0.29) is 22.9 Å². The van der Waals surface area contributed by atoms with Gasteiger partial charge in [-0.1, -0.05) is 17.7 Å². The fourth-order valence-corrected chi connectivity index (χ4v) is 2.20. The number of carboxylic acids is 1. The summed E-state index contributed by atoms with van der Waals surface area (Å²) >= 11 is 5.84. The molecular formula is C12H13ClN2O4. The van der Waals surface area contributed by atoms with Crippen molar-refractivity contribution in [1.82, 2.24) is 0 Å². The summed E-state index contributed by atoms with van der Waals surface area (Å²) in [7, 11) is 0. The second-order valence-electron chi connectivity index (χ2n) is 4.58. The van der Waals surface area contributed by atoms with Gasteiger partial charge in [0.15, 0.2) is 0 Å². The third kappa shape index (κ3) is 3.35. The predicted molar refractivity (Wildman–Crippen MR) is 70.7 cm³/mol. The van der Waals surface area contributed by atoms with Gasteiger partial charge in [0, 0.05) is 6.54 Å². The van der Waals surface area contributed by atoms with Crippen LogP contribution in [0.3, 0.4) is 0 Å². The average Bonchev–Trinajstić information content (AvgIpc) is 3.10. The molecule has 1 aromatic rings. The summed E-state index contributed by atoms with van der Waals surface area (Å²) in [4.78, 5) is 22.9. The maximum absolute atomic E-state index is 11.1. The van der Waals surface area contributed by atoms with Gasteiger partial charge < -0.3 is 10.0 Å². The van der Waals surface area contributed by atoms with Gasteiger partial charge in [-0.15, -0.1) is 0 Å². The number of anilines is 1. The zero-order valence-corrected chi connectivity index (χ0v) is 10.8. The van der Waals surface area contributed by atoms with Crippen molar-refractivity contribution in [2.45, 2.75) is 12.8 Å². The van der Waals surface area contributed by atoms with E-state index in [0.717, 1.165) is 12.8 Å². The van der Waals surface area contributed by atoms with Crippen LogP contribution >= 0.6 is 11.6 Å². The Balaban J connectivity index is 2.36. The molecule has 1 N–H and O–H groups in total. The van der Waals surface area contributed by atoms with Crippen molar-refractivity contribution in [2.24, 2.45) is 5.92 Å². The van der Waals surface area contributed by atoms with Crippen LogP contribution < -0.4 is 4.90 Å². The van der Waals surface area contributed by atoms with Gasteiger partial charge in [-0.3, -0.25) is 14.9 Å². The molecule has 1 aromatic carbocycles. The predicted octanol–water partition coefficient (Wildman–Crippen LogP) is 2.55. The minimum absolute atomic E-state index is 0.0219. The number of nitro benzene ring substituents is 1. The van der Waals surface area contributed by atoms with E-state index in [1.807, 2.05) is 0 Å². The number of halogens is 1. The lowest BCUT2D eigenvalue weighted by molar-refractivity contribution is -0.384. The molecule has 0 unspecified atom stereocenters. The van der Waals surface area contributed by atoms with E-state index in [1.165, 1.54) is 17.0 Å². The normalized spacial score (nSPS) is 14.2. The minimum Gasteiger partial charge on any atom is -0.480 e. The molecule has 19 heavy (non-hydrogen) atoms. The Morgan fingerprint density at radius 1 is 1.53 bits per heavy atom. The van der Waals surface area contributed by atoms with Crippen LogP contribution in [0.4, 0.5) is 11.4 Å². The highest BCUT2D eigenvalue weighted by Gasteiger charge is 2.30. The van der Waals surface area contributed by atoms with Gasteiger partial charge >= 0.3 is 11.7 Å². The number of rotatable bonds is 6. The quantitative estimate of drug-likeness (QED) is 0.641. The molecule has 0 radical (unpaired) electrons. The summed E-state index contributed by atoms with van der Waals surface area (Å²) in [6.45, 7) is 0.241. The van der Waals surface area contributed by atoms with Crippen LogP contribution in [-0.2, 0) is 4.79 Å². The number of aliphatic carboxylic acids is 1. The molecule has 0 aromatic heterocycles. The molecular weight excluding hydrogens is 272 g/mol. The molecule has 7 heteroatoms. The van der Waals surface area contributed by atoms with Gasteiger partial charge in [0.25, 0.3) is 0 Å². The van der Waals surface area contributed by atoms with E-state index < -0.39 is 10.9 Å². The van der Waals surface area contributed by atoms with Crippen LogP contribution in [-0.4, -0.2) is 29.1 Å². The van der Waals surface area contributed by atoms with E-state index in [9.17, 15) is 14.9 Å². The SMILES string of the molecule is O=C(O)CN(CC1CC1)c1cccc(Cl)c1[N+](=O)[O-]. The fourth-order valence-electron chi connectivity index (χ4n) is 1.96. The molecule has 0 amide bonds. The first-order valence-corrected chi connectivity index (χ1v) is 6.26. The van der Waals surface area contributed by atoms with E-state index >= 15 is 0 Å². The molecule has 0 saturated heterocycles. The molecule has 1 aliphatic carbocycles. The lowest BCUT2D eigenvalue weighted by Gasteiger charge is -2.22. The number of carbonyl (C=O) groups is 1. The summed E-state index contributed by atoms with van der Waals surface area (Å²) in [6, 6.07) is 4.56. The van der Waals surface area contributed by atoms with Crippen LogP contribution in [0, 0.1) is 16.0 Å². The van der Waals surface area contributed by atoms with Crippen molar-refractivity contribution in [3.05, 3.63) is 33.3 Å². The Labute approximate surface area is 114 Å². The second kappa shape index (κ2) is 5.44. The maximum atomic E-state index is 11.1. The molecule has 102 valence electrons. The Morgan fingerprint density at radius 2 is 2.21 bits per heavy atom. The molecule has 2 rings (SSSR count). The smallest absolute Gasteiger partial charge is 0.323 e. The number of hydrogen-bond donors (Lipinski definition) is 1. The van der Waals surface area contributed by atoms with E-state index in [4.69, 9.17) is 16.7 Å². The zero-order valence-electron chi connectivity index (χ0n) is 10.1. The van der Waals surface area contributed by atoms with E-state index in [0.29, 0.717) is 12.5 Å². The molecule has 0 heterocycles. The van der Waals surface area contributed by atoms with Crippen molar-refractivity contribution < 1.29 is 14.8 Å². The molecule has 0 aliphatic heterocycles. The summed E-state index contributed by atoms with van der Waals surface area (Å²) in [6.07, 6.45) is 2.06. The standard InChI is InChI=1S/C12H13ClN2O4/c13-9-2-1-3-10(12(9)15(18)19)14(7-11(16)17)6-8-4-5-8/h1-3,8H,4-7H2,(H,16,17). The van der Waals surface area contributed by atoms with E-state index in [2.05, 4.69) is 0 Å². The van der Waals surface area contributed by atoms with Crippen molar-refractivity contribution >= 4 is 28.9 Å². The molecule has 1 fully saturated rings. The summed E-state index contributed by atoms with van der Waals surface area (Å²) < 4.78 is 0. The molecule has 1 saturated carbocycles. The number of benzene rings is 1. The number of nitro groups is 1. The topological polar surface area (TPSA) is 83.7 Å². The fraction of sp³-hybridized carbons (Fsp3) is 0.417. The van der Waals surface area contributed by atoms with Crippen LogP contribution in [0.5, 0.6) is 0 Å². The van der Waals surface area contributed by atoms with Gasteiger partial charge in [-0.25, -0.2) is 0 Å². The molecule has 1 aliphatic rings. The van der Waals surface area contributed by atoms with E-state index in [1.54, 1.807) is 6.07 Å². The number of carboxylic acid groups (broad SMARTS) is 1. The Kier molecular flexibility index (Phi) is 3.90. The van der Waals surface area contributed by atoms with Crippen LogP contribution in [0.15, 0.2) is 18.2 Å². The Bertz CT molecular complexity index is 516. The average molecular weight is 285 g/mol. The highest BCUT2D eigenvalue weighted by atomic mass is 35.5. The van der Waals surface area contributed by atoms with Gasteiger partial charge in [-0.05, 0) is 30.9 Å². The summed E-state index contributed by atoms with van der Waals surface area (Å²) in [5, 5.41) is 20.0. The Hall–Kier alpha value is -1.82. The van der Waals surface area contributed by atoms with Crippen molar-refractivity contribution in [1.29, 1.82) is 0 Å². The number of hydrogen-bond acceptors (Lipinski definition) is 4. The van der Waals surface area contributed by atoms with Gasteiger partial charge in [0.05, 0.1) is 4.92 Å². The Morgan fingerprint density at radius 3 is 2.74 bits per heavy atom. The minimum atomic E-state index is -1.02. The summed E-state index contributed by atoms with van der Waals surface area (Å²) in [5.41, 5.74) is 0.0397. The van der Waals surface area contributed by atoms with Crippen LogP contribution in [0.25, 0.3) is 0 Å². The lowest BCUT2D eigenvalue weighted by atomic mass is 10.2. The third-order valence-electron chi connectivity index (χ3n) is 2.99. The monoisotopic (exact) mass is 284 g/mol. The first-order chi connectivity index (χ1) is 8.99. The highest BCUT2D eigenvalue weighted by molar-refractivity contribution is 6.33. The van der Waals surface area contributed by atoms with Crippen molar-refractivity contribution in [3.8, 4) is 0 Å². The molecule has 0 bridgehead atoms. The molecule has 6 nitrogen and oxygen atoms in total. The van der Waals surface area contributed by atoms with Crippen LogP contribution in [0.1, 0.15) is 12.8 Å². The van der Waals surface area contributed by atoms with Gasteiger partial charge in [0.1, 0.15) is 17.3 Å². The second-order valence-corrected chi connectivity index (χ2v) is 4.99. The lowest BCUT2D eigenvalue weighted by Crippen LogP contribution is -2.32. The van der Waals surface area contributed by atoms with Crippen LogP contribution in [0.2, 0.25) is 5.02 Å². The molecule has 0 spiro atoms. The first kappa shape index (κ1) is 13.6. The maximum Gasteiger partial charge on any atom is 0.323 e. The summed E-state index contributed by atoms with van der Waals surface area (Å²) in [5.74, 6) is -0.604. The van der Waals surface area contributed by atoms with Gasteiger partial charge in [-0.2, -0.15) is 0 Å².